The topological polar surface area (TPSA) is 86.7 Å². The van der Waals surface area contributed by atoms with Gasteiger partial charge in [-0.1, -0.05) is 0 Å². The quantitative estimate of drug-likeness (QED) is 0.251. The molecule has 166 valence electrons. The maximum atomic E-state index is 13.9. The molecule has 7 heteroatoms. The molecule has 10 aliphatic rings. The van der Waals surface area contributed by atoms with Gasteiger partial charge in [0.15, 0.2) is 0 Å². The molecular formula is C26H18FeO6. The molecule has 0 aromatic heterocycles. The van der Waals surface area contributed by atoms with Crippen LogP contribution >= 0.6 is 0 Å². The van der Waals surface area contributed by atoms with E-state index in [4.69, 9.17) is 9.47 Å². The summed E-state index contributed by atoms with van der Waals surface area (Å²) in [5.41, 5.74) is 1.10. The number of carbonyl (C=O) groups is 4. The van der Waals surface area contributed by atoms with E-state index in [1.54, 1.807) is 48.5 Å². The average molecular weight is 482 g/mol. The molecule has 12 rings (SSSR count). The Balaban J connectivity index is 0.997. The molecule has 2 aromatic carbocycles. The Hall–Kier alpha value is -2.76. The number of ether oxygens (including phenoxy) is 2. The molecule has 0 aliphatic carbocycles. The summed E-state index contributed by atoms with van der Waals surface area (Å²) >= 11 is 0. The summed E-state index contributed by atoms with van der Waals surface area (Å²) < 4.78 is 11.4. The first-order valence-corrected chi connectivity index (χ1v) is 17.8. The molecule has 10 heterocycles. The van der Waals surface area contributed by atoms with Gasteiger partial charge in [0.25, 0.3) is 0 Å². The summed E-state index contributed by atoms with van der Waals surface area (Å²) in [6.07, 6.45) is 1.55. The second kappa shape index (κ2) is 1.99. The van der Waals surface area contributed by atoms with Gasteiger partial charge < -0.3 is 0 Å². The van der Waals surface area contributed by atoms with Gasteiger partial charge in [0.1, 0.15) is 0 Å². The number of hydrogen-bond acceptors (Lipinski definition) is 6. The van der Waals surface area contributed by atoms with Crippen LogP contribution in [0.4, 0.5) is 0 Å². The Morgan fingerprint density at radius 2 is 0.970 bits per heavy atom. The molecule has 2 aromatic rings. The summed E-state index contributed by atoms with van der Waals surface area (Å²) in [6.45, 7) is -4.44. The van der Waals surface area contributed by atoms with Crippen LogP contribution in [0.15, 0.2) is 48.5 Å². The molecule has 0 bridgehead atoms. The zero-order valence-corrected chi connectivity index (χ0v) is 18.3. The normalized spacial score (nSPS) is 68.5. The summed E-state index contributed by atoms with van der Waals surface area (Å²) in [5, 5.41) is 0. The van der Waals surface area contributed by atoms with Gasteiger partial charge in [0.2, 0.25) is 0 Å². The molecule has 10 fully saturated rings. The molecule has 33 heavy (non-hydrogen) atoms. The standard InChI is InChI=1S/2C13H9O3.Fe/c2*14-9-10-5-7-12(8-6-10)16-13(15)11-3-1-2-4-11;/h2*1-9H;. The number of rotatable bonds is 6. The molecule has 8 atom stereocenters. The van der Waals surface area contributed by atoms with Gasteiger partial charge in [-0.3, -0.25) is 0 Å². The summed E-state index contributed by atoms with van der Waals surface area (Å²) in [7, 11) is 0. The fourth-order valence-corrected chi connectivity index (χ4v) is 94.1. The van der Waals surface area contributed by atoms with Crippen molar-refractivity contribution < 1.29 is 35.2 Å². The van der Waals surface area contributed by atoms with Crippen molar-refractivity contribution in [3.63, 3.8) is 0 Å². The van der Waals surface area contributed by atoms with Gasteiger partial charge in [-0.15, -0.1) is 0 Å². The van der Waals surface area contributed by atoms with Crippen molar-refractivity contribution in [2.75, 3.05) is 0 Å². The third kappa shape index (κ3) is 0.304. The Bertz CT molecular complexity index is 1750. The molecule has 10 saturated heterocycles. The van der Waals surface area contributed by atoms with E-state index in [1.807, 2.05) is 0 Å². The molecule has 0 radical (unpaired) electrons. The van der Waals surface area contributed by atoms with Crippen LogP contribution in [0, 0.1) is 0 Å². The van der Waals surface area contributed by atoms with E-state index in [0.29, 0.717) is 61.2 Å². The minimum absolute atomic E-state index is 0.0598. The Kier molecular flexibility index (Phi) is 0.917. The van der Waals surface area contributed by atoms with E-state index >= 15 is 0 Å². The molecule has 0 N–H and O–H groups in total. The van der Waals surface area contributed by atoms with E-state index in [-0.39, 0.29) is 20.6 Å². The van der Waals surface area contributed by atoms with Crippen molar-refractivity contribution in [2.24, 2.45) is 0 Å². The van der Waals surface area contributed by atoms with Crippen molar-refractivity contribution in [1.82, 2.24) is 0 Å². The predicted molar refractivity (Wildman–Crippen MR) is 110 cm³/mol. The fraction of sp³-hybridized carbons (Fsp3) is 0.385. The van der Waals surface area contributed by atoms with E-state index in [0.717, 1.165) is 12.6 Å². The van der Waals surface area contributed by atoms with E-state index < -0.39 is 6.51 Å². The molecule has 0 saturated carbocycles. The number of carbonyl (C=O) groups excluding carboxylic acids is 4. The van der Waals surface area contributed by atoms with Crippen LogP contribution in [0.25, 0.3) is 0 Å². The molecular weight excluding hydrogens is 464 g/mol. The second-order valence-electron chi connectivity index (χ2n) is 13.9. The SMILES string of the molecule is O=Cc1ccc(OC(=O)[C]23[CH]4[CH]5[CH]6[CH]2[Fe]56432789[CH]3[CH]2[CH]7[C]8(C(=O)Oc2ccc(C=O)cc2)[CH]39)cc1. The monoisotopic (exact) mass is 482 g/mol. The van der Waals surface area contributed by atoms with E-state index in [9.17, 15) is 19.2 Å². The van der Waals surface area contributed by atoms with Crippen molar-refractivity contribution in [3.8, 4) is 11.5 Å². The molecule has 6 nitrogen and oxygen atoms in total. The molecule has 0 amide bonds. The first kappa shape index (κ1) is 15.2. The van der Waals surface area contributed by atoms with E-state index in [2.05, 4.69) is 0 Å². The zero-order valence-electron chi connectivity index (χ0n) is 17.2. The summed E-state index contributed by atoms with van der Waals surface area (Å²) in [4.78, 5) is 54.5. The number of fused-ring (bicyclic) bond motifs is 10. The molecule has 8 unspecified atom stereocenters. The summed E-state index contributed by atoms with van der Waals surface area (Å²) in [6, 6.07) is 13.5. The number of esters is 2. The Morgan fingerprint density at radius 3 is 1.24 bits per heavy atom. The number of hydrogen-bond donors (Lipinski definition) is 0. The second-order valence-corrected chi connectivity index (χ2v) is 37.1. The van der Waals surface area contributed by atoms with Gasteiger partial charge in [-0.25, -0.2) is 0 Å². The van der Waals surface area contributed by atoms with Crippen LogP contribution in [-0.2, 0) is 16.1 Å². The van der Waals surface area contributed by atoms with E-state index in [1.165, 1.54) is 0 Å². The Labute approximate surface area is 177 Å². The number of aldehydes is 2. The van der Waals surface area contributed by atoms with Crippen molar-refractivity contribution in [1.29, 1.82) is 0 Å². The van der Waals surface area contributed by atoms with Gasteiger partial charge in [-0.2, -0.15) is 0 Å². The first-order chi connectivity index (χ1) is 15.8. The van der Waals surface area contributed by atoms with Crippen LogP contribution in [-0.4, -0.2) is 24.5 Å². The summed E-state index contributed by atoms with van der Waals surface area (Å²) in [5.74, 6) is 0.868. The third-order valence-electron chi connectivity index (χ3n) is 17.9. The fourth-order valence-electron chi connectivity index (χ4n) is 19.2. The van der Waals surface area contributed by atoms with Crippen LogP contribution in [0.3, 0.4) is 0 Å². The Morgan fingerprint density at radius 1 is 0.636 bits per heavy atom. The van der Waals surface area contributed by atoms with Crippen molar-refractivity contribution >= 4 is 24.5 Å². The van der Waals surface area contributed by atoms with Crippen LogP contribution < -0.4 is 9.47 Å². The van der Waals surface area contributed by atoms with Crippen LogP contribution in [0.5, 0.6) is 11.5 Å². The van der Waals surface area contributed by atoms with Crippen molar-refractivity contribution in [3.05, 3.63) is 59.7 Å². The molecule has 1 spiro atoms. The van der Waals surface area contributed by atoms with Gasteiger partial charge in [-0.05, 0) is 0 Å². The first-order valence-electron chi connectivity index (χ1n) is 11.6. The number of benzene rings is 2. The minimum atomic E-state index is -4.44. The van der Waals surface area contributed by atoms with Crippen molar-refractivity contribution in [2.45, 2.75) is 47.2 Å². The maximum absolute atomic E-state index is 13.9. The van der Waals surface area contributed by atoms with Crippen LogP contribution in [0.1, 0.15) is 20.7 Å². The van der Waals surface area contributed by atoms with Gasteiger partial charge in [0.05, 0.1) is 0 Å². The predicted octanol–water partition coefficient (Wildman–Crippen LogP) is 4.95. The molecule has 10 aliphatic heterocycles. The zero-order chi connectivity index (χ0) is 21.9. The average Bonchev–Trinajstić information content (AvgIpc) is 3.78. The van der Waals surface area contributed by atoms with Gasteiger partial charge in [0, 0.05) is 0 Å². The third-order valence-corrected chi connectivity index (χ3v) is 60.5. The van der Waals surface area contributed by atoms with Crippen LogP contribution in [0.2, 0.25) is 47.2 Å². The van der Waals surface area contributed by atoms with Gasteiger partial charge >= 0.3 is 178 Å².